The van der Waals surface area contributed by atoms with E-state index < -0.39 is 30.4 Å². The standard InChI is InChI=1S/C15H18N2O5/c1-9-2-4-11(5-3-9)17-7-10(6-13(17)19)14(20)16-12(8-18)15(21)22/h2-5,10,12,18H,6-8H2,1H3,(H,16,20)(H,21,22). The number of aryl methyl sites for hydroxylation is 1. The molecule has 0 spiro atoms. The summed E-state index contributed by atoms with van der Waals surface area (Å²) in [4.78, 5) is 36.4. The highest BCUT2D eigenvalue weighted by Gasteiger charge is 2.36. The molecule has 3 N–H and O–H groups in total. The summed E-state index contributed by atoms with van der Waals surface area (Å²) >= 11 is 0. The van der Waals surface area contributed by atoms with Gasteiger partial charge in [0.05, 0.1) is 12.5 Å². The van der Waals surface area contributed by atoms with E-state index in [1.165, 1.54) is 4.90 Å². The van der Waals surface area contributed by atoms with Gasteiger partial charge in [0.1, 0.15) is 6.04 Å². The Bertz CT molecular complexity index is 584. The molecule has 2 amide bonds. The van der Waals surface area contributed by atoms with Crippen LogP contribution in [0.3, 0.4) is 0 Å². The van der Waals surface area contributed by atoms with Gasteiger partial charge in [0.15, 0.2) is 0 Å². The second-order valence-electron chi connectivity index (χ2n) is 5.32. The molecule has 0 aliphatic carbocycles. The highest BCUT2D eigenvalue weighted by Crippen LogP contribution is 2.25. The molecule has 1 aromatic rings. The van der Waals surface area contributed by atoms with Gasteiger partial charge in [-0.05, 0) is 19.1 Å². The van der Waals surface area contributed by atoms with Gasteiger partial charge in [0.25, 0.3) is 0 Å². The number of aliphatic hydroxyl groups excluding tert-OH is 1. The maximum atomic E-state index is 12.0. The number of carboxylic acid groups (broad SMARTS) is 1. The van der Waals surface area contributed by atoms with E-state index >= 15 is 0 Å². The molecule has 1 aromatic carbocycles. The quantitative estimate of drug-likeness (QED) is 0.705. The van der Waals surface area contributed by atoms with Gasteiger partial charge in [-0.15, -0.1) is 0 Å². The normalized spacial score (nSPS) is 19.1. The Balaban J connectivity index is 2.04. The van der Waals surface area contributed by atoms with Gasteiger partial charge in [-0.3, -0.25) is 9.59 Å². The molecule has 7 heteroatoms. The molecule has 1 saturated heterocycles. The van der Waals surface area contributed by atoms with Crippen molar-refractivity contribution >= 4 is 23.5 Å². The summed E-state index contributed by atoms with van der Waals surface area (Å²) in [6.45, 7) is 1.45. The number of carbonyl (C=O) groups excluding carboxylic acids is 2. The molecule has 118 valence electrons. The number of nitrogens with zero attached hydrogens (tertiary/aromatic N) is 1. The minimum atomic E-state index is -1.35. The molecule has 2 rings (SSSR count). The second-order valence-corrected chi connectivity index (χ2v) is 5.32. The van der Waals surface area contributed by atoms with Crippen LogP contribution in [0.4, 0.5) is 5.69 Å². The summed E-state index contributed by atoms with van der Waals surface area (Å²) in [5.74, 6) is -2.65. The van der Waals surface area contributed by atoms with E-state index in [0.29, 0.717) is 5.69 Å². The van der Waals surface area contributed by atoms with Crippen LogP contribution in [0.2, 0.25) is 0 Å². The van der Waals surface area contributed by atoms with Crippen molar-refractivity contribution in [2.24, 2.45) is 5.92 Å². The van der Waals surface area contributed by atoms with Crippen LogP contribution in [0.1, 0.15) is 12.0 Å². The van der Waals surface area contributed by atoms with Gasteiger partial charge in [-0.2, -0.15) is 0 Å². The number of benzene rings is 1. The number of rotatable bonds is 5. The molecule has 2 unspecified atom stereocenters. The van der Waals surface area contributed by atoms with Gasteiger partial charge < -0.3 is 20.4 Å². The highest BCUT2D eigenvalue weighted by atomic mass is 16.4. The number of anilines is 1. The van der Waals surface area contributed by atoms with Gasteiger partial charge >= 0.3 is 5.97 Å². The van der Waals surface area contributed by atoms with E-state index in [1.54, 1.807) is 12.1 Å². The lowest BCUT2D eigenvalue weighted by Crippen LogP contribution is -2.46. The van der Waals surface area contributed by atoms with Gasteiger partial charge in [-0.1, -0.05) is 17.7 Å². The summed E-state index contributed by atoms with van der Waals surface area (Å²) in [5.41, 5.74) is 1.78. The smallest absolute Gasteiger partial charge is 0.328 e. The van der Waals surface area contributed by atoms with Crippen LogP contribution in [0.25, 0.3) is 0 Å². The van der Waals surface area contributed by atoms with E-state index in [-0.39, 0.29) is 18.9 Å². The lowest BCUT2D eigenvalue weighted by Gasteiger charge is -2.18. The Kier molecular flexibility index (Phi) is 4.77. The maximum Gasteiger partial charge on any atom is 0.328 e. The monoisotopic (exact) mass is 306 g/mol. The molecule has 1 fully saturated rings. The van der Waals surface area contributed by atoms with E-state index in [0.717, 1.165) is 5.56 Å². The van der Waals surface area contributed by atoms with E-state index in [2.05, 4.69) is 5.32 Å². The SMILES string of the molecule is Cc1ccc(N2CC(C(=O)NC(CO)C(=O)O)CC2=O)cc1. The molecule has 0 aromatic heterocycles. The Morgan fingerprint density at radius 2 is 2.00 bits per heavy atom. The highest BCUT2D eigenvalue weighted by molar-refractivity contribution is 6.00. The fourth-order valence-electron chi connectivity index (χ4n) is 2.33. The molecule has 1 heterocycles. The molecule has 2 atom stereocenters. The van der Waals surface area contributed by atoms with Gasteiger partial charge in [0.2, 0.25) is 11.8 Å². The molecule has 22 heavy (non-hydrogen) atoms. The zero-order valence-corrected chi connectivity index (χ0v) is 12.2. The third-order valence-corrected chi connectivity index (χ3v) is 3.64. The van der Waals surface area contributed by atoms with Crippen molar-refractivity contribution in [3.05, 3.63) is 29.8 Å². The minimum absolute atomic E-state index is 0.0253. The fraction of sp³-hybridized carbons (Fsp3) is 0.400. The van der Waals surface area contributed by atoms with Crippen molar-refractivity contribution in [2.45, 2.75) is 19.4 Å². The maximum absolute atomic E-state index is 12.0. The van der Waals surface area contributed by atoms with E-state index in [9.17, 15) is 14.4 Å². The largest absolute Gasteiger partial charge is 0.480 e. The second kappa shape index (κ2) is 6.57. The lowest BCUT2D eigenvalue weighted by atomic mass is 10.1. The van der Waals surface area contributed by atoms with Crippen LogP contribution in [0.5, 0.6) is 0 Å². The van der Waals surface area contributed by atoms with Gasteiger partial charge in [-0.25, -0.2) is 4.79 Å². The molecule has 0 saturated carbocycles. The molecule has 0 radical (unpaired) electrons. The zero-order chi connectivity index (χ0) is 16.3. The number of amides is 2. The van der Waals surface area contributed by atoms with E-state index in [1.807, 2.05) is 19.1 Å². The number of hydrogen-bond acceptors (Lipinski definition) is 4. The first kappa shape index (κ1) is 16.0. The number of hydrogen-bond donors (Lipinski definition) is 3. The van der Waals surface area contributed by atoms with Crippen LogP contribution in [0, 0.1) is 12.8 Å². The van der Waals surface area contributed by atoms with Crippen molar-refractivity contribution in [1.82, 2.24) is 5.32 Å². The average Bonchev–Trinajstić information content (AvgIpc) is 2.87. The number of aliphatic hydroxyl groups is 1. The van der Waals surface area contributed by atoms with Crippen molar-refractivity contribution in [2.75, 3.05) is 18.1 Å². The van der Waals surface area contributed by atoms with Crippen molar-refractivity contribution in [3.63, 3.8) is 0 Å². The Hall–Kier alpha value is -2.41. The summed E-state index contributed by atoms with van der Waals surface area (Å²) in [7, 11) is 0. The third kappa shape index (κ3) is 3.43. The lowest BCUT2D eigenvalue weighted by molar-refractivity contribution is -0.143. The topological polar surface area (TPSA) is 107 Å². The van der Waals surface area contributed by atoms with Crippen LogP contribution in [0.15, 0.2) is 24.3 Å². The molecule has 1 aliphatic heterocycles. The predicted molar refractivity (Wildman–Crippen MR) is 78.3 cm³/mol. The number of carboxylic acids is 1. The van der Waals surface area contributed by atoms with Gasteiger partial charge in [0, 0.05) is 18.7 Å². The first-order valence-corrected chi connectivity index (χ1v) is 6.93. The van der Waals surface area contributed by atoms with Crippen LogP contribution >= 0.6 is 0 Å². The van der Waals surface area contributed by atoms with Crippen LogP contribution < -0.4 is 10.2 Å². The zero-order valence-electron chi connectivity index (χ0n) is 12.2. The summed E-state index contributed by atoms with van der Waals surface area (Å²) in [6, 6.07) is 6.02. The average molecular weight is 306 g/mol. The first-order chi connectivity index (χ1) is 10.4. The molecular formula is C15H18N2O5. The third-order valence-electron chi connectivity index (χ3n) is 3.64. The van der Waals surface area contributed by atoms with Crippen LogP contribution in [-0.4, -0.2) is 47.2 Å². The molecule has 7 nitrogen and oxygen atoms in total. The molecule has 0 bridgehead atoms. The van der Waals surface area contributed by atoms with Crippen molar-refractivity contribution in [3.8, 4) is 0 Å². The number of nitrogens with one attached hydrogen (secondary N) is 1. The van der Waals surface area contributed by atoms with Crippen molar-refractivity contribution in [1.29, 1.82) is 0 Å². The summed E-state index contributed by atoms with van der Waals surface area (Å²) < 4.78 is 0. The van der Waals surface area contributed by atoms with Crippen LogP contribution in [-0.2, 0) is 14.4 Å². The van der Waals surface area contributed by atoms with Crippen molar-refractivity contribution < 1.29 is 24.6 Å². The Morgan fingerprint density at radius 1 is 1.36 bits per heavy atom. The fourth-order valence-corrected chi connectivity index (χ4v) is 2.33. The summed E-state index contributed by atoms with van der Waals surface area (Å²) in [6.07, 6.45) is 0.0253. The number of carbonyl (C=O) groups is 3. The Morgan fingerprint density at radius 3 is 2.55 bits per heavy atom. The minimum Gasteiger partial charge on any atom is -0.480 e. The molecular weight excluding hydrogens is 288 g/mol. The first-order valence-electron chi connectivity index (χ1n) is 6.93. The molecule has 1 aliphatic rings. The number of aliphatic carboxylic acids is 1. The summed E-state index contributed by atoms with van der Waals surface area (Å²) in [5, 5.41) is 20.0. The predicted octanol–water partition coefficient (Wildman–Crippen LogP) is -0.0904. The Labute approximate surface area is 127 Å². The van der Waals surface area contributed by atoms with E-state index in [4.69, 9.17) is 10.2 Å².